The molecule has 0 aliphatic heterocycles. The van der Waals surface area contributed by atoms with Crippen LogP contribution in [0.1, 0.15) is 5.56 Å². The maximum absolute atomic E-state index is 12.9. The van der Waals surface area contributed by atoms with Crippen LogP contribution in [0.3, 0.4) is 0 Å². The average molecular weight is 385 g/mol. The van der Waals surface area contributed by atoms with Gasteiger partial charge in [0.15, 0.2) is 0 Å². The summed E-state index contributed by atoms with van der Waals surface area (Å²) in [7, 11) is 0. The predicted molar refractivity (Wildman–Crippen MR) is 69.7 cm³/mol. The Kier molecular flexibility index (Phi) is 7.80. The van der Waals surface area contributed by atoms with Gasteiger partial charge in [0.2, 0.25) is 0 Å². The molecule has 101 valence electrons. The Bertz CT molecular complexity index is 675. The van der Waals surface area contributed by atoms with Crippen molar-refractivity contribution in [1.29, 1.82) is 0 Å². The van der Waals surface area contributed by atoms with E-state index in [4.69, 9.17) is 0 Å². The normalized spacial score (nSPS) is 9.30. The van der Waals surface area contributed by atoms with Crippen LogP contribution >= 0.6 is 0 Å². The van der Waals surface area contributed by atoms with Crippen LogP contribution in [0.5, 0.6) is 0 Å². The number of hydrogen-bond acceptors (Lipinski definition) is 0. The number of aryl methyl sites for hydroxylation is 1. The van der Waals surface area contributed by atoms with E-state index in [1.807, 2.05) is 18.2 Å². The number of benzene rings is 2. The molecule has 0 saturated heterocycles. The fourth-order valence-electron chi connectivity index (χ4n) is 2.27. The van der Waals surface area contributed by atoms with Gasteiger partial charge in [0.05, 0.1) is 0 Å². The van der Waals surface area contributed by atoms with E-state index >= 15 is 0 Å². The van der Waals surface area contributed by atoms with Crippen LogP contribution < -0.4 is 24.8 Å². The first-order valence-corrected chi connectivity index (χ1v) is 5.66. The molecular weight excluding hydrogens is 373 g/mol. The summed E-state index contributed by atoms with van der Waals surface area (Å²) < 4.78 is 12.9. The Hall–Kier alpha value is -0.557. The van der Waals surface area contributed by atoms with E-state index in [9.17, 15) is 4.39 Å². The number of halogens is 3. The second-order valence-electron chi connectivity index (χ2n) is 4.35. The summed E-state index contributed by atoms with van der Waals surface area (Å²) in [5.74, 6) is -0.195. The van der Waals surface area contributed by atoms with E-state index < -0.39 is 0 Å². The largest absolute Gasteiger partial charge is 3.00 e. The minimum Gasteiger partial charge on any atom is -1.00 e. The Morgan fingerprint density at radius 3 is 2.25 bits per heavy atom. The molecule has 0 aliphatic carbocycles. The maximum atomic E-state index is 12.9. The molecular formula is C16H12Cl2FZr. The molecule has 0 fully saturated rings. The smallest absolute Gasteiger partial charge is 1.00 e. The number of fused-ring (bicyclic) bond motifs is 1. The molecule has 0 spiro atoms. The molecule has 0 atom stereocenters. The van der Waals surface area contributed by atoms with E-state index in [1.165, 1.54) is 28.5 Å². The van der Waals surface area contributed by atoms with Crippen molar-refractivity contribution in [3.05, 3.63) is 66.0 Å². The first-order valence-electron chi connectivity index (χ1n) is 5.66. The topological polar surface area (TPSA) is 0 Å². The maximum Gasteiger partial charge on any atom is 3.00 e. The summed E-state index contributed by atoms with van der Waals surface area (Å²) in [4.78, 5) is 0. The fraction of sp³-hybridized carbons (Fsp3) is 0.0625. The van der Waals surface area contributed by atoms with E-state index in [1.54, 1.807) is 0 Å². The molecule has 0 unspecified atom stereocenters. The monoisotopic (exact) mass is 383 g/mol. The van der Waals surface area contributed by atoms with Gasteiger partial charge < -0.3 is 24.8 Å². The Morgan fingerprint density at radius 2 is 1.60 bits per heavy atom. The van der Waals surface area contributed by atoms with Crippen LogP contribution in [0.2, 0.25) is 0 Å². The Balaban J connectivity index is 0.00000120. The Labute approximate surface area is 149 Å². The summed E-state index contributed by atoms with van der Waals surface area (Å²) in [5, 5.41) is 2.47. The summed E-state index contributed by atoms with van der Waals surface area (Å²) in [6, 6.07) is 17.2. The van der Waals surface area contributed by atoms with Crippen LogP contribution in [-0.4, -0.2) is 0 Å². The van der Waals surface area contributed by atoms with Crippen LogP contribution in [0, 0.1) is 12.7 Å². The van der Waals surface area contributed by atoms with Crippen molar-refractivity contribution < 1.29 is 55.4 Å². The molecule has 3 aromatic rings. The molecule has 3 rings (SSSR count). The first-order chi connectivity index (χ1) is 8.24. The molecule has 1 radical (unpaired) electrons. The van der Waals surface area contributed by atoms with Crippen LogP contribution in [0.25, 0.3) is 21.9 Å². The first kappa shape index (κ1) is 19.4. The molecule has 0 heterocycles. The molecule has 0 aromatic heterocycles. The quantitative estimate of drug-likeness (QED) is 0.456. The van der Waals surface area contributed by atoms with E-state index in [0.29, 0.717) is 0 Å². The zero-order valence-electron chi connectivity index (χ0n) is 10.8. The third kappa shape index (κ3) is 3.75. The molecule has 3 aromatic carbocycles. The van der Waals surface area contributed by atoms with Crippen LogP contribution in [-0.2, 0) is 26.2 Å². The molecule has 0 aliphatic rings. The van der Waals surface area contributed by atoms with Crippen molar-refractivity contribution in [3.63, 3.8) is 0 Å². The molecule has 0 nitrogen and oxygen atoms in total. The summed E-state index contributed by atoms with van der Waals surface area (Å²) in [5.41, 5.74) is 3.48. The van der Waals surface area contributed by atoms with Gasteiger partial charge >= 0.3 is 26.2 Å². The van der Waals surface area contributed by atoms with Gasteiger partial charge in [0, 0.05) is 0 Å². The molecule has 0 amide bonds. The standard InChI is InChI=1S/C16H12F.2ClH.Zr/c1-11-9-13-3-2-4-15(16(13)10-11)12-5-7-14(17)8-6-12;;;/h2-10H,1H3;2*1H;/q-1;;;+3/p-2. The Morgan fingerprint density at radius 1 is 0.950 bits per heavy atom. The van der Waals surface area contributed by atoms with Crippen molar-refractivity contribution in [2.75, 3.05) is 0 Å². The number of hydrogen-bond donors (Lipinski definition) is 0. The minimum absolute atomic E-state index is 0. The van der Waals surface area contributed by atoms with Crippen molar-refractivity contribution in [2.45, 2.75) is 6.92 Å². The third-order valence-electron chi connectivity index (χ3n) is 3.05. The fourth-order valence-corrected chi connectivity index (χ4v) is 2.27. The van der Waals surface area contributed by atoms with E-state index in [-0.39, 0.29) is 56.8 Å². The molecule has 4 heteroatoms. The van der Waals surface area contributed by atoms with E-state index in [0.717, 1.165) is 11.1 Å². The molecule has 0 N–H and O–H groups in total. The van der Waals surface area contributed by atoms with Crippen molar-refractivity contribution in [3.8, 4) is 11.1 Å². The summed E-state index contributed by atoms with van der Waals surface area (Å²) in [6.45, 7) is 2.09. The second-order valence-corrected chi connectivity index (χ2v) is 4.35. The minimum atomic E-state index is -0.195. The van der Waals surface area contributed by atoms with Crippen molar-refractivity contribution in [2.24, 2.45) is 0 Å². The van der Waals surface area contributed by atoms with Crippen LogP contribution in [0.4, 0.5) is 4.39 Å². The third-order valence-corrected chi connectivity index (χ3v) is 3.05. The zero-order chi connectivity index (χ0) is 11.8. The average Bonchev–Trinajstić information content (AvgIpc) is 2.70. The van der Waals surface area contributed by atoms with Gasteiger partial charge in [0.1, 0.15) is 5.82 Å². The van der Waals surface area contributed by atoms with Gasteiger partial charge in [-0.25, -0.2) is 4.39 Å². The summed E-state index contributed by atoms with van der Waals surface area (Å²) >= 11 is 0. The zero-order valence-corrected chi connectivity index (χ0v) is 14.8. The van der Waals surface area contributed by atoms with Gasteiger partial charge in [0.25, 0.3) is 0 Å². The molecule has 0 bridgehead atoms. The number of rotatable bonds is 1. The van der Waals surface area contributed by atoms with Crippen LogP contribution in [0.15, 0.2) is 54.6 Å². The van der Waals surface area contributed by atoms with Gasteiger partial charge in [-0.2, -0.15) is 6.07 Å². The van der Waals surface area contributed by atoms with Gasteiger partial charge in [-0.15, -0.1) is 34.5 Å². The molecule has 20 heavy (non-hydrogen) atoms. The van der Waals surface area contributed by atoms with E-state index in [2.05, 4.69) is 31.2 Å². The van der Waals surface area contributed by atoms with Crippen molar-refractivity contribution >= 4 is 10.8 Å². The predicted octanol–water partition coefficient (Wildman–Crippen LogP) is -1.32. The van der Waals surface area contributed by atoms with Gasteiger partial charge in [-0.1, -0.05) is 30.7 Å². The summed E-state index contributed by atoms with van der Waals surface area (Å²) in [6.07, 6.45) is 0. The SMILES string of the molecule is Cc1cc2c(-c3ccc(F)cc3)cccc2[cH-]1.[Cl-].[Cl-].[Zr+3]. The van der Waals surface area contributed by atoms with Gasteiger partial charge in [-0.05, 0) is 17.7 Å². The van der Waals surface area contributed by atoms with Crippen molar-refractivity contribution in [1.82, 2.24) is 0 Å². The second kappa shape index (κ2) is 8.03. The van der Waals surface area contributed by atoms with Gasteiger partial charge in [-0.3, -0.25) is 0 Å². The molecule has 0 saturated carbocycles.